The van der Waals surface area contributed by atoms with Crippen molar-refractivity contribution in [3.05, 3.63) is 0 Å². The third kappa shape index (κ3) is 4.26. The molecule has 2 aliphatic heterocycles. The molecule has 0 atom stereocenters. The van der Waals surface area contributed by atoms with Gasteiger partial charge in [-0.15, -0.1) is 12.4 Å². The SMILES string of the molecule is COCC1(C(=O)N2CCC(C(F)(F)F)CC2)CCNCC1.Cl. The number of carbonyl (C=O) groups excluding carboxylic acids is 1. The highest BCUT2D eigenvalue weighted by Gasteiger charge is 2.46. The minimum absolute atomic E-state index is 0. The summed E-state index contributed by atoms with van der Waals surface area (Å²) >= 11 is 0. The number of rotatable bonds is 3. The van der Waals surface area contributed by atoms with E-state index < -0.39 is 17.5 Å². The predicted octanol–water partition coefficient (Wildman–Crippen LogP) is 2.23. The van der Waals surface area contributed by atoms with Crippen LogP contribution in [0.2, 0.25) is 0 Å². The number of nitrogens with zero attached hydrogens (tertiary/aromatic N) is 1. The fraction of sp³-hybridized carbons (Fsp3) is 0.929. The lowest BCUT2D eigenvalue weighted by Crippen LogP contribution is -2.53. The predicted molar refractivity (Wildman–Crippen MR) is 79.0 cm³/mol. The van der Waals surface area contributed by atoms with Crippen molar-refractivity contribution in [1.29, 1.82) is 0 Å². The highest BCUT2D eigenvalue weighted by Crippen LogP contribution is 2.37. The van der Waals surface area contributed by atoms with Crippen molar-refractivity contribution in [1.82, 2.24) is 10.2 Å². The minimum Gasteiger partial charge on any atom is -0.384 e. The molecule has 2 rings (SSSR count). The molecule has 8 heteroatoms. The minimum atomic E-state index is -4.14. The van der Waals surface area contributed by atoms with Crippen LogP contribution in [0.4, 0.5) is 13.2 Å². The number of carbonyl (C=O) groups is 1. The first-order chi connectivity index (χ1) is 9.89. The van der Waals surface area contributed by atoms with Gasteiger partial charge in [-0.2, -0.15) is 13.2 Å². The van der Waals surface area contributed by atoms with Crippen LogP contribution in [0, 0.1) is 11.3 Å². The van der Waals surface area contributed by atoms with Crippen molar-refractivity contribution in [3.63, 3.8) is 0 Å². The van der Waals surface area contributed by atoms with Crippen LogP contribution in [0.3, 0.4) is 0 Å². The Morgan fingerprint density at radius 2 is 1.82 bits per heavy atom. The van der Waals surface area contributed by atoms with Gasteiger partial charge >= 0.3 is 6.18 Å². The summed E-state index contributed by atoms with van der Waals surface area (Å²) in [7, 11) is 1.56. The summed E-state index contributed by atoms with van der Waals surface area (Å²) < 4.78 is 43.3. The number of ether oxygens (including phenoxy) is 1. The molecule has 0 unspecified atom stereocenters. The molecule has 0 aliphatic carbocycles. The molecule has 0 radical (unpaired) electrons. The van der Waals surface area contributed by atoms with E-state index >= 15 is 0 Å². The monoisotopic (exact) mass is 344 g/mol. The molecule has 2 heterocycles. The van der Waals surface area contributed by atoms with E-state index in [1.807, 2.05) is 0 Å². The van der Waals surface area contributed by atoms with Crippen LogP contribution in [0.1, 0.15) is 25.7 Å². The van der Waals surface area contributed by atoms with Gasteiger partial charge in [-0.05, 0) is 38.8 Å². The van der Waals surface area contributed by atoms with E-state index in [9.17, 15) is 18.0 Å². The van der Waals surface area contributed by atoms with E-state index in [0.717, 1.165) is 13.1 Å². The van der Waals surface area contributed by atoms with E-state index in [4.69, 9.17) is 4.74 Å². The van der Waals surface area contributed by atoms with Gasteiger partial charge in [0, 0.05) is 20.2 Å². The number of likely N-dealkylation sites (tertiary alicyclic amines) is 1. The van der Waals surface area contributed by atoms with Crippen LogP contribution < -0.4 is 5.32 Å². The standard InChI is InChI=1S/C14H23F3N2O2.ClH/c1-21-10-13(4-6-18-7-5-13)12(20)19-8-2-11(3-9-19)14(15,16)17;/h11,18H,2-10H2,1H3;1H. The van der Waals surface area contributed by atoms with Gasteiger partial charge in [0.1, 0.15) is 0 Å². The zero-order chi connectivity index (χ0) is 15.5. The molecule has 0 spiro atoms. The maximum Gasteiger partial charge on any atom is 0.391 e. The van der Waals surface area contributed by atoms with Gasteiger partial charge in [-0.25, -0.2) is 0 Å². The fourth-order valence-electron chi connectivity index (χ4n) is 3.35. The summed E-state index contributed by atoms with van der Waals surface area (Å²) in [4.78, 5) is 14.4. The maximum absolute atomic E-state index is 12.8. The van der Waals surface area contributed by atoms with Gasteiger partial charge in [-0.3, -0.25) is 4.79 Å². The number of halogens is 4. The Morgan fingerprint density at radius 1 is 1.27 bits per heavy atom. The third-order valence-corrected chi connectivity index (χ3v) is 4.68. The highest BCUT2D eigenvalue weighted by molar-refractivity contribution is 5.85. The van der Waals surface area contributed by atoms with E-state index in [1.54, 1.807) is 12.0 Å². The first-order valence-corrected chi connectivity index (χ1v) is 7.45. The molecule has 2 aliphatic rings. The Hall–Kier alpha value is -0.530. The number of alkyl halides is 3. The van der Waals surface area contributed by atoms with Gasteiger partial charge in [0.05, 0.1) is 17.9 Å². The normalized spacial score (nSPS) is 23.0. The Morgan fingerprint density at radius 3 is 2.27 bits per heavy atom. The number of methoxy groups -OCH3 is 1. The van der Waals surface area contributed by atoms with Crippen molar-refractivity contribution in [2.75, 3.05) is 39.9 Å². The van der Waals surface area contributed by atoms with E-state index in [2.05, 4.69) is 5.32 Å². The second kappa shape index (κ2) is 7.84. The molecule has 0 aromatic carbocycles. The van der Waals surface area contributed by atoms with Crippen LogP contribution in [-0.2, 0) is 9.53 Å². The largest absolute Gasteiger partial charge is 0.391 e. The summed E-state index contributed by atoms with van der Waals surface area (Å²) in [5.41, 5.74) is -0.564. The molecule has 4 nitrogen and oxygen atoms in total. The molecule has 2 fully saturated rings. The fourth-order valence-corrected chi connectivity index (χ4v) is 3.35. The van der Waals surface area contributed by atoms with Crippen LogP contribution >= 0.6 is 12.4 Å². The average Bonchev–Trinajstić information content (AvgIpc) is 2.47. The Bertz CT molecular complexity index is 360. The first-order valence-electron chi connectivity index (χ1n) is 7.45. The molecule has 0 aromatic heterocycles. The summed E-state index contributed by atoms with van der Waals surface area (Å²) in [5.74, 6) is -1.31. The highest BCUT2D eigenvalue weighted by atomic mass is 35.5. The summed E-state index contributed by atoms with van der Waals surface area (Å²) in [6.07, 6.45) is -2.76. The molecule has 2 saturated heterocycles. The Labute approximate surface area is 135 Å². The second-order valence-corrected chi connectivity index (χ2v) is 6.07. The van der Waals surface area contributed by atoms with Gasteiger partial charge in [0.2, 0.25) is 5.91 Å². The molecule has 1 N–H and O–H groups in total. The van der Waals surface area contributed by atoms with Gasteiger partial charge in [0.15, 0.2) is 0 Å². The molecule has 1 amide bonds. The van der Waals surface area contributed by atoms with Crippen LogP contribution in [0.15, 0.2) is 0 Å². The van der Waals surface area contributed by atoms with E-state index in [1.165, 1.54) is 0 Å². The zero-order valence-corrected chi connectivity index (χ0v) is 13.6. The second-order valence-electron chi connectivity index (χ2n) is 6.07. The lowest BCUT2D eigenvalue weighted by molar-refractivity contribution is -0.188. The topological polar surface area (TPSA) is 41.6 Å². The van der Waals surface area contributed by atoms with Crippen molar-refractivity contribution in [3.8, 4) is 0 Å². The quantitative estimate of drug-likeness (QED) is 0.853. The molecular formula is C14H24ClF3N2O2. The summed E-state index contributed by atoms with van der Waals surface area (Å²) in [5, 5.41) is 3.21. The third-order valence-electron chi connectivity index (χ3n) is 4.68. The number of hydrogen-bond donors (Lipinski definition) is 1. The van der Waals surface area contributed by atoms with Crippen LogP contribution in [-0.4, -0.2) is 56.9 Å². The van der Waals surface area contributed by atoms with E-state index in [-0.39, 0.29) is 44.2 Å². The number of nitrogens with one attached hydrogen (secondary N) is 1. The van der Waals surface area contributed by atoms with Crippen LogP contribution in [0.25, 0.3) is 0 Å². The van der Waals surface area contributed by atoms with Crippen molar-refractivity contribution in [2.45, 2.75) is 31.9 Å². The zero-order valence-electron chi connectivity index (χ0n) is 12.7. The van der Waals surface area contributed by atoms with E-state index in [0.29, 0.717) is 19.4 Å². The number of hydrogen-bond acceptors (Lipinski definition) is 3. The molecule has 0 aromatic rings. The average molecular weight is 345 g/mol. The molecule has 0 saturated carbocycles. The first kappa shape index (κ1) is 19.5. The summed E-state index contributed by atoms with van der Waals surface area (Å²) in [6, 6.07) is 0. The van der Waals surface area contributed by atoms with Gasteiger partial charge in [-0.1, -0.05) is 0 Å². The van der Waals surface area contributed by atoms with Gasteiger partial charge in [0.25, 0.3) is 0 Å². The molecule has 0 bridgehead atoms. The molecular weight excluding hydrogens is 321 g/mol. The van der Waals surface area contributed by atoms with Crippen LogP contribution in [0.5, 0.6) is 0 Å². The Balaban J connectivity index is 0.00000242. The molecule has 130 valence electrons. The molecule has 22 heavy (non-hydrogen) atoms. The van der Waals surface area contributed by atoms with Crippen molar-refractivity contribution in [2.24, 2.45) is 11.3 Å². The number of piperidine rings is 2. The van der Waals surface area contributed by atoms with Crippen molar-refractivity contribution < 1.29 is 22.7 Å². The lowest BCUT2D eigenvalue weighted by Gasteiger charge is -2.42. The summed E-state index contributed by atoms with van der Waals surface area (Å²) in [6.45, 7) is 2.22. The Kier molecular flexibility index (Phi) is 6.95. The van der Waals surface area contributed by atoms with Gasteiger partial charge < -0.3 is 15.0 Å². The number of amides is 1. The smallest absolute Gasteiger partial charge is 0.384 e. The van der Waals surface area contributed by atoms with Crippen molar-refractivity contribution >= 4 is 18.3 Å². The lowest BCUT2D eigenvalue weighted by atomic mass is 9.77. The maximum atomic E-state index is 12.8.